The second kappa shape index (κ2) is 7.41. The smallest absolute Gasteiger partial charge is 0.261 e. The summed E-state index contributed by atoms with van der Waals surface area (Å²) in [5.41, 5.74) is 2.79. The van der Waals surface area contributed by atoms with Gasteiger partial charge in [-0.15, -0.1) is 0 Å². The highest BCUT2D eigenvalue weighted by Crippen LogP contribution is 2.23. The van der Waals surface area contributed by atoms with Crippen molar-refractivity contribution in [1.82, 2.24) is 9.88 Å². The minimum absolute atomic E-state index is 0.236. The van der Waals surface area contributed by atoms with Gasteiger partial charge in [-0.3, -0.25) is 19.3 Å². The summed E-state index contributed by atoms with van der Waals surface area (Å²) in [5, 5.41) is 2.79. The standard InChI is InChI=1S/C23H15N3O3/c1-26-22(28)19-11-9-16(14-20(19)23(26)29)21(27)25-18-7-4-5-15(13-18)8-10-17-6-2-3-12-24-17/h2-7,9,11-14H,1H3,(H,25,27). The number of carbonyl (C=O) groups excluding carboxylic acids is 3. The molecule has 0 bridgehead atoms. The molecule has 6 heteroatoms. The number of fused-ring (bicyclic) bond motifs is 1. The Morgan fingerprint density at radius 2 is 1.76 bits per heavy atom. The first-order valence-corrected chi connectivity index (χ1v) is 8.84. The quantitative estimate of drug-likeness (QED) is 0.547. The molecule has 2 heterocycles. The van der Waals surface area contributed by atoms with Gasteiger partial charge in [-0.25, -0.2) is 4.98 Å². The average Bonchev–Trinajstić information content (AvgIpc) is 2.97. The molecular formula is C23H15N3O3. The number of imide groups is 1. The van der Waals surface area contributed by atoms with Crippen molar-refractivity contribution in [2.24, 2.45) is 0 Å². The molecule has 140 valence electrons. The van der Waals surface area contributed by atoms with Crippen molar-refractivity contribution in [2.45, 2.75) is 0 Å². The van der Waals surface area contributed by atoms with Crippen molar-refractivity contribution < 1.29 is 14.4 Å². The van der Waals surface area contributed by atoms with Crippen LogP contribution in [0.3, 0.4) is 0 Å². The van der Waals surface area contributed by atoms with E-state index in [1.165, 1.54) is 25.2 Å². The number of benzene rings is 2. The van der Waals surface area contributed by atoms with E-state index in [4.69, 9.17) is 0 Å². The SMILES string of the molecule is CN1C(=O)c2ccc(C(=O)Nc3cccc(C#Cc4ccccn4)c3)cc2C1=O. The second-order valence-corrected chi connectivity index (χ2v) is 6.43. The Bertz CT molecular complexity index is 1210. The van der Waals surface area contributed by atoms with Crippen LogP contribution in [0.4, 0.5) is 5.69 Å². The van der Waals surface area contributed by atoms with Gasteiger partial charge < -0.3 is 5.32 Å². The summed E-state index contributed by atoms with van der Waals surface area (Å²) >= 11 is 0. The predicted molar refractivity (Wildman–Crippen MR) is 107 cm³/mol. The number of nitrogens with zero attached hydrogens (tertiary/aromatic N) is 2. The molecule has 29 heavy (non-hydrogen) atoms. The molecule has 0 saturated carbocycles. The fraction of sp³-hybridized carbons (Fsp3) is 0.0435. The minimum atomic E-state index is -0.411. The molecule has 0 radical (unpaired) electrons. The highest BCUT2D eigenvalue weighted by molar-refractivity contribution is 6.22. The van der Waals surface area contributed by atoms with Crippen molar-refractivity contribution in [3.8, 4) is 11.8 Å². The number of carbonyl (C=O) groups is 3. The van der Waals surface area contributed by atoms with E-state index in [0.717, 1.165) is 10.5 Å². The number of rotatable bonds is 2. The van der Waals surface area contributed by atoms with Crippen molar-refractivity contribution in [2.75, 3.05) is 12.4 Å². The lowest BCUT2D eigenvalue weighted by molar-refractivity contribution is 0.0693. The van der Waals surface area contributed by atoms with Gasteiger partial charge in [-0.05, 0) is 54.5 Å². The molecular weight excluding hydrogens is 366 g/mol. The average molecular weight is 381 g/mol. The number of amides is 3. The van der Waals surface area contributed by atoms with E-state index in [0.29, 0.717) is 22.5 Å². The first-order chi connectivity index (χ1) is 14.0. The van der Waals surface area contributed by atoms with Gasteiger partial charge in [0.25, 0.3) is 17.7 Å². The van der Waals surface area contributed by atoms with E-state index in [1.807, 2.05) is 24.3 Å². The largest absolute Gasteiger partial charge is 0.322 e. The first kappa shape index (κ1) is 18.1. The van der Waals surface area contributed by atoms with E-state index < -0.39 is 5.91 Å². The van der Waals surface area contributed by atoms with Gasteiger partial charge in [0.05, 0.1) is 11.1 Å². The van der Waals surface area contributed by atoms with Crippen molar-refractivity contribution in [3.63, 3.8) is 0 Å². The molecule has 4 rings (SSSR count). The Labute approximate surface area is 167 Å². The van der Waals surface area contributed by atoms with Crippen LogP contribution >= 0.6 is 0 Å². The van der Waals surface area contributed by atoms with Gasteiger partial charge in [0, 0.05) is 30.1 Å². The monoisotopic (exact) mass is 381 g/mol. The third-order valence-corrected chi connectivity index (χ3v) is 4.47. The van der Waals surface area contributed by atoms with Crippen LogP contribution < -0.4 is 5.32 Å². The zero-order chi connectivity index (χ0) is 20.4. The number of anilines is 1. The molecule has 0 spiro atoms. The second-order valence-electron chi connectivity index (χ2n) is 6.43. The molecule has 3 aromatic rings. The first-order valence-electron chi connectivity index (χ1n) is 8.84. The molecule has 0 saturated heterocycles. The number of aromatic nitrogens is 1. The zero-order valence-electron chi connectivity index (χ0n) is 15.5. The Kier molecular flexibility index (Phi) is 4.63. The van der Waals surface area contributed by atoms with E-state index in [2.05, 4.69) is 22.1 Å². The summed E-state index contributed by atoms with van der Waals surface area (Å²) in [6.45, 7) is 0. The molecule has 3 amide bonds. The van der Waals surface area contributed by atoms with Gasteiger partial charge in [-0.2, -0.15) is 0 Å². The van der Waals surface area contributed by atoms with Gasteiger partial charge in [0.15, 0.2) is 0 Å². The fourth-order valence-electron chi connectivity index (χ4n) is 2.95. The molecule has 2 aromatic carbocycles. The van der Waals surface area contributed by atoms with Crippen LogP contribution in [0.2, 0.25) is 0 Å². The maximum Gasteiger partial charge on any atom is 0.261 e. The molecule has 0 atom stereocenters. The van der Waals surface area contributed by atoms with E-state index in [1.54, 1.807) is 24.4 Å². The lowest BCUT2D eigenvalue weighted by atomic mass is 10.1. The molecule has 0 aliphatic carbocycles. The Morgan fingerprint density at radius 1 is 0.931 bits per heavy atom. The summed E-state index contributed by atoms with van der Waals surface area (Å²) in [6.07, 6.45) is 1.67. The number of pyridine rings is 1. The number of nitrogens with one attached hydrogen (secondary N) is 1. The molecule has 1 aliphatic heterocycles. The number of hydrogen-bond donors (Lipinski definition) is 1. The molecule has 0 fully saturated rings. The summed E-state index contributed by atoms with van der Waals surface area (Å²) in [5.74, 6) is 4.83. The van der Waals surface area contributed by atoms with Crippen molar-refractivity contribution >= 4 is 23.4 Å². The van der Waals surface area contributed by atoms with Gasteiger partial charge in [0.1, 0.15) is 5.69 Å². The summed E-state index contributed by atoms with van der Waals surface area (Å²) in [4.78, 5) is 41.9. The van der Waals surface area contributed by atoms with Crippen molar-refractivity contribution in [1.29, 1.82) is 0 Å². The highest BCUT2D eigenvalue weighted by atomic mass is 16.2. The van der Waals surface area contributed by atoms with Crippen LogP contribution in [0.25, 0.3) is 0 Å². The summed E-state index contributed by atoms with van der Waals surface area (Å²) in [7, 11) is 1.42. The molecule has 1 aliphatic rings. The van der Waals surface area contributed by atoms with Gasteiger partial charge >= 0.3 is 0 Å². The van der Waals surface area contributed by atoms with Crippen LogP contribution in [0, 0.1) is 11.8 Å². The van der Waals surface area contributed by atoms with E-state index in [9.17, 15) is 14.4 Å². The molecule has 1 aromatic heterocycles. The van der Waals surface area contributed by atoms with Gasteiger partial charge in [-0.1, -0.05) is 18.1 Å². The van der Waals surface area contributed by atoms with Crippen molar-refractivity contribution in [3.05, 3.63) is 94.8 Å². The Morgan fingerprint density at radius 3 is 2.55 bits per heavy atom. The third kappa shape index (κ3) is 3.62. The highest BCUT2D eigenvalue weighted by Gasteiger charge is 2.33. The predicted octanol–water partition coefficient (Wildman–Crippen LogP) is 2.96. The number of hydrogen-bond acceptors (Lipinski definition) is 4. The fourth-order valence-corrected chi connectivity index (χ4v) is 2.95. The van der Waals surface area contributed by atoms with E-state index in [-0.39, 0.29) is 17.4 Å². The zero-order valence-corrected chi connectivity index (χ0v) is 15.5. The molecule has 1 N–H and O–H groups in total. The Balaban J connectivity index is 1.54. The molecule has 0 unspecified atom stereocenters. The van der Waals surface area contributed by atoms with Crippen LogP contribution in [-0.2, 0) is 0 Å². The van der Waals surface area contributed by atoms with Crippen LogP contribution in [-0.4, -0.2) is 34.7 Å². The lowest BCUT2D eigenvalue weighted by Gasteiger charge is -2.06. The summed E-state index contributed by atoms with van der Waals surface area (Å²) in [6, 6.07) is 17.1. The third-order valence-electron chi connectivity index (χ3n) is 4.47. The minimum Gasteiger partial charge on any atom is -0.322 e. The van der Waals surface area contributed by atoms with Crippen LogP contribution in [0.5, 0.6) is 0 Å². The normalized spacial score (nSPS) is 12.2. The van der Waals surface area contributed by atoms with E-state index >= 15 is 0 Å². The maximum atomic E-state index is 12.6. The lowest BCUT2D eigenvalue weighted by Crippen LogP contribution is -2.24. The van der Waals surface area contributed by atoms with Gasteiger partial charge in [0.2, 0.25) is 0 Å². The topological polar surface area (TPSA) is 79.4 Å². The van der Waals surface area contributed by atoms with Crippen LogP contribution in [0.1, 0.15) is 42.3 Å². The summed E-state index contributed by atoms with van der Waals surface area (Å²) < 4.78 is 0. The molecule has 6 nitrogen and oxygen atoms in total. The maximum absolute atomic E-state index is 12.6. The van der Waals surface area contributed by atoms with Crippen LogP contribution in [0.15, 0.2) is 66.9 Å². The Hall–Kier alpha value is -4.24.